The minimum Gasteiger partial charge on any atom is -0.348 e. The van der Waals surface area contributed by atoms with Crippen LogP contribution in [0.4, 0.5) is 5.69 Å². The number of nitrogens with one attached hydrogen (secondary N) is 2. The standard InChI is InChI=1S/C20H16ClN3O2/c21-17-7-5-15(6-8-17)20(26)24-18-9-3-14(4-10-18)12-23-19(25)16-2-1-11-22-13-16/h1-11,13H,12H2,(H,23,25)(H,24,26). The molecule has 5 nitrogen and oxygen atoms in total. The van der Waals surface area contributed by atoms with E-state index in [2.05, 4.69) is 15.6 Å². The van der Waals surface area contributed by atoms with Gasteiger partial charge < -0.3 is 10.6 Å². The molecule has 0 spiro atoms. The summed E-state index contributed by atoms with van der Waals surface area (Å²) in [5.41, 5.74) is 2.64. The summed E-state index contributed by atoms with van der Waals surface area (Å²) in [6.07, 6.45) is 3.14. The second-order valence-electron chi connectivity index (χ2n) is 5.58. The van der Waals surface area contributed by atoms with Crippen molar-refractivity contribution in [2.75, 3.05) is 5.32 Å². The average Bonchev–Trinajstić information content (AvgIpc) is 2.68. The summed E-state index contributed by atoms with van der Waals surface area (Å²) < 4.78 is 0. The number of hydrogen-bond donors (Lipinski definition) is 2. The Labute approximate surface area is 156 Å². The van der Waals surface area contributed by atoms with Crippen LogP contribution < -0.4 is 10.6 Å². The summed E-state index contributed by atoms with van der Waals surface area (Å²) in [5, 5.41) is 6.23. The Hall–Kier alpha value is -3.18. The van der Waals surface area contributed by atoms with Crippen LogP contribution in [-0.2, 0) is 6.54 Å². The number of carbonyl (C=O) groups is 2. The van der Waals surface area contributed by atoms with Crippen LogP contribution in [0.15, 0.2) is 73.1 Å². The van der Waals surface area contributed by atoms with Gasteiger partial charge in [-0.3, -0.25) is 14.6 Å². The van der Waals surface area contributed by atoms with Gasteiger partial charge in [0.15, 0.2) is 0 Å². The molecule has 2 aromatic carbocycles. The molecule has 0 fully saturated rings. The first-order valence-corrected chi connectivity index (χ1v) is 8.34. The Morgan fingerprint density at radius 2 is 1.62 bits per heavy atom. The predicted octanol–water partition coefficient (Wildman–Crippen LogP) is 3.92. The first kappa shape index (κ1) is 17.6. The molecule has 6 heteroatoms. The van der Waals surface area contributed by atoms with Gasteiger partial charge in [-0.2, -0.15) is 0 Å². The molecule has 3 aromatic rings. The van der Waals surface area contributed by atoms with Crippen molar-refractivity contribution in [1.82, 2.24) is 10.3 Å². The summed E-state index contributed by atoms with van der Waals surface area (Å²) in [4.78, 5) is 28.1. The molecule has 1 aromatic heterocycles. The Bertz CT molecular complexity index is 895. The lowest BCUT2D eigenvalue weighted by Gasteiger charge is -2.08. The van der Waals surface area contributed by atoms with Crippen molar-refractivity contribution in [3.05, 3.63) is 94.8 Å². The zero-order chi connectivity index (χ0) is 18.4. The highest BCUT2D eigenvalue weighted by atomic mass is 35.5. The van der Waals surface area contributed by atoms with E-state index in [-0.39, 0.29) is 11.8 Å². The van der Waals surface area contributed by atoms with Gasteiger partial charge in [0.2, 0.25) is 0 Å². The van der Waals surface area contributed by atoms with Crippen molar-refractivity contribution in [3.8, 4) is 0 Å². The minimum absolute atomic E-state index is 0.182. The van der Waals surface area contributed by atoms with Gasteiger partial charge >= 0.3 is 0 Å². The SMILES string of the molecule is O=C(NCc1ccc(NC(=O)c2ccc(Cl)cc2)cc1)c1cccnc1. The third kappa shape index (κ3) is 4.68. The molecule has 0 aliphatic carbocycles. The molecule has 0 saturated heterocycles. The topological polar surface area (TPSA) is 71.1 Å². The third-order valence-corrected chi connectivity index (χ3v) is 3.95. The molecule has 0 aliphatic heterocycles. The molecule has 0 atom stereocenters. The Morgan fingerprint density at radius 1 is 0.885 bits per heavy atom. The normalized spacial score (nSPS) is 10.2. The van der Waals surface area contributed by atoms with E-state index in [0.29, 0.717) is 28.4 Å². The van der Waals surface area contributed by atoms with Crippen LogP contribution >= 0.6 is 11.6 Å². The molecule has 0 aliphatic rings. The van der Waals surface area contributed by atoms with Crippen molar-refractivity contribution in [1.29, 1.82) is 0 Å². The molecule has 2 amide bonds. The molecule has 0 unspecified atom stereocenters. The van der Waals surface area contributed by atoms with E-state index in [1.54, 1.807) is 54.7 Å². The average molecular weight is 366 g/mol. The number of nitrogens with zero attached hydrogens (tertiary/aromatic N) is 1. The van der Waals surface area contributed by atoms with Gasteiger partial charge in [-0.05, 0) is 54.1 Å². The Kier molecular flexibility index (Phi) is 5.61. The van der Waals surface area contributed by atoms with E-state index >= 15 is 0 Å². The number of aromatic nitrogens is 1. The van der Waals surface area contributed by atoms with Crippen LogP contribution in [0.2, 0.25) is 5.02 Å². The second-order valence-corrected chi connectivity index (χ2v) is 6.02. The van der Waals surface area contributed by atoms with Crippen molar-refractivity contribution >= 4 is 29.1 Å². The summed E-state index contributed by atoms with van der Waals surface area (Å²) >= 11 is 5.82. The first-order valence-electron chi connectivity index (χ1n) is 7.96. The van der Waals surface area contributed by atoms with Crippen LogP contribution in [0.1, 0.15) is 26.3 Å². The monoisotopic (exact) mass is 365 g/mol. The van der Waals surface area contributed by atoms with Gasteiger partial charge in [0.25, 0.3) is 11.8 Å². The molecule has 26 heavy (non-hydrogen) atoms. The maximum absolute atomic E-state index is 12.2. The van der Waals surface area contributed by atoms with Crippen LogP contribution in [0.3, 0.4) is 0 Å². The molecule has 3 rings (SSSR count). The van der Waals surface area contributed by atoms with Crippen LogP contribution in [0.5, 0.6) is 0 Å². The summed E-state index contributed by atoms with van der Waals surface area (Å²) in [7, 11) is 0. The minimum atomic E-state index is -0.209. The van der Waals surface area contributed by atoms with Gasteiger partial charge in [0.05, 0.1) is 5.56 Å². The van der Waals surface area contributed by atoms with Gasteiger partial charge in [-0.15, -0.1) is 0 Å². The Morgan fingerprint density at radius 3 is 2.27 bits per heavy atom. The fraction of sp³-hybridized carbons (Fsp3) is 0.0500. The van der Waals surface area contributed by atoms with Crippen LogP contribution in [0, 0.1) is 0 Å². The molecule has 130 valence electrons. The summed E-state index contributed by atoms with van der Waals surface area (Å²) in [6, 6.07) is 17.4. The maximum atomic E-state index is 12.2. The van der Waals surface area contributed by atoms with E-state index in [0.717, 1.165) is 5.56 Å². The van der Waals surface area contributed by atoms with E-state index in [4.69, 9.17) is 11.6 Å². The lowest BCUT2D eigenvalue weighted by atomic mass is 10.1. The molecular formula is C20H16ClN3O2. The zero-order valence-electron chi connectivity index (χ0n) is 13.8. The van der Waals surface area contributed by atoms with Crippen molar-refractivity contribution < 1.29 is 9.59 Å². The smallest absolute Gasteiger partial charge is 0.255 e. The number of amides is 2. The third-order valence-electron chi connectivity index (χ3n) is 3.70. The van der Waals surface area contributed by atoms with E-state index in [9.17, 15) is 9.59 Å². The predicted molar refractivity (Wildman–Crippen MR) is 101 cm³/mol. The first-order chi connectivity index (χ1) is 12.6. The quantitative estimate of drug-likeness (QED) is 0.720. The highest BCUT2D eigenvalue weighted by Crippen LogP contribution is 2.14. The van der Waals surface area contributed by atoms with Gasteiger partial charge in [0.1, 0.15) is 0 Å². The van der Waals surface area contributed by atoms with Crippen LogP contribution in [0.25, 0.3) is 0 Å². The van der Waals surface area contributed by atoms with Gasteiger partial charge in [-0.25, -0.2) is 0 Å². The van der Waals surface area contributed by atoms with Gasteiger partial charge in [0, 0.05) is 35.2 Å². The molecule has 2 N–H and O–H groups in total. The number of hydrogen-bond acceptors (Lipinski definition) is 3. The number of benzene rings is 2. The summed E-state index contributed by atoms with van der Waals surface area (Å²) in [6.45, 7) is 0.388. The lowest BCUT2D eigenvalue weighted by molar-refractivity contribution is 0.0949. The molecule has 0 radical (unpaired) electrons. The van der Waals surface area contributed by atoms with E-state index in [1.165, 1.54) is 6.20 Å². The van der Waals surface area contributed by atoms with Crippen molar-refractivity contribution in [2.24, 2.45) is 0 Å². The number of pyridine rings is 1. The molecular weight excluding hydrogens is 350 g/mol. The van der Waals surface area contributed by atoms with Crippen molar-refractivity contribution in [2.45, 2.75) is 6.54 Å². The number of anilines is 1. The van der Waals surface area contributed by atoms with Crippen LogP contribution in [-0.4, -0.2) is 16.8 Å². The van der Waals surface area contributed by atoms with E-state index in [1.807, 2.05) is 12.1 Å². The molecule has 0 bridgehead atoms. The number of halogens is 1. The fourth-order valence-corrected chi connectivity index (χ4v) is 2.42. The summed E-state index contributed by atoms with van der Waals surface area (Å²) in [5.74, 6) is -0.391. The molecule has 0 saturated carbocycles. The lowest BCUT2D eigenvalue weighted by Crippen LogP contribution is -2.22. The Balaban J connectivity index is 1.55. The maximum Gasteiger partial charge on any atom is 0.255 e. The fourth-order valence-electron chi connectivity index (χ4n) is 2.29. The van der Waals surface area contributed by atoms with E-state index < -0.39 is 0 Å². The zero-order valence-corrected chi connectivity index (χ0v) is 14.5. The number of rotatable bonds is 5. The molecule has 1 heterocycles. The van der Waals surface area contributed by atoms with Crippen molar-refractivity contribution in [3.63, 3.8) is 0 Å². The largest absolute Gasteiger partial charge is 0.348 e. The van der Waals surface area contributed by atoms with Gasteiger partial charge in [-0.1, -0.05) is 23.7 Å². The highest BCUT2D eigenvalue weighted by Gasteiger charge is 2.07. The number of carbonyl (C=O) groups excluding carboxylic acids is 2. The second kappa shape index (κ2) is 8.27. The highest BCUT2D eigenvalue weighted by molar-refractivity contribution is 6.30.